The molecule has 2 aromatic heterocycles. The number of hydrogen-bond acceptors (Lipinski definition) is 4. The van der Waals surface area contributed by atoms with Gasteiger partial charge in [-0.3, -0.25) is 9.78 Å². The van der Waals surface area contributed by atoms with Gasteiger partial charge in [-0.1, -0.05) is 30.3 Å². The molecule has 1 aliphatic heterocycles. The van der Waals surface area contributed by atoms with Crippen LogP contribution in [0.5, 0.6) is 0 Å². The molecule has 0 fully saturated rings. The number of benzene rings is 2. The molecule has 4 aromatic rings. The van der Waals surface area contributed by atoms with Gasteiger partial charge in [0.15, 0.2) is 0 Å². The summed E-state index contributed by atoms with van der Waals surface area (Å²) in [6.45, 7) is 0. The molecular weight excluding hydrogens is 350 g/mol. The summed E-state index contributed by atoms with van der Waals surface area (Å²) < 4.78 is 1.83. The number of amides is 1. The number of fused-ring (bicyclic) bond motifs is 1. The molecule has 1 amide bonds. The Balaban J connectivity index is 1.62. The van der Waals surface area contributed by atoms with Crippen LogP contribution in [0.3, 0.4) is 0 Å². The summed E-state index contributed by atoms with van der Waals surface area (Å²) in [5, 5.41) is 11.2. The van der Waals surface area contributed by atoms with Crippen molar-refractivity contribution >= 4 is 11.6 Å². The third-order valence-electron chi connectivity index (χ3n) is 4.76. The van der Waals surface area contributed by atoms with Gasteiger partial charge >= 0.3 is 0 Å². The number of carbonyl (C=O) groups excluding carboxylic acids is 1. The van der Waals surface area contributed by atoms with Gasteiger partial charge in [-0.15, -0.1) is 0 Å². The van der Waals surface area contributed by atoms with Gasteiger partial charge in [0.05, 0.1) is 11.3 Å². The van der Waals surface area contributed by atoms with Crippen molar-refractivity contribution < 1.29 is 4.79 Å². The molecule has 0 radical (unpaired) electrons. The van der Waals surface area contributed by atoms with Crippen molar-refractivity contribution in [3.8, 4) is 16.9 Å². The first kappa shape index (κ1) is 16.3. The van der Waals surface area contributed by atoms with Crippen LogP contribution in [0, 0.1) is 0 Å². The Labute approximate surface area is 161 Å². The summed E-state index contributed by atoms with van der Waals surface area (Å²) in [6, 6.07) is 21.2. The monoisotopic (exact) mass is 367 g/mol. The van der Waals surface area contributed by atoms with E-state index in [1.807, 2.05) is 77.6 Å². The van der Waals surface area contributed by atoms with Crippen LogP contribution in [-0.4, -0.2) is 20.7 Å². The van der Waals surface area contributed by atoms with Crippen LogP contribution in [0.1, 0.15) is 22.1 Å². The third kappa shape index (κ3) is 2.81. The average molecular weight is 367 g/mol. The van der Waals surface area contributed by atoms with E-state index in [0.717, 1.165) is 28.2 Å². The van der Waals surface area contributed by atoms with Crippen LogP contribution in [0.15, 0.2) is 85.3 Å². The Morgan fingerprint density at radius 1 is 0.893 bits per heavy atom. The maximum Gasteiger partial charge on any atom is 0.255 e. The van der Waals surface area contributed by atoms with E-state index in [1.54, 1.807) is 12.4 Å². The first-order valence-electron chi connectivity index (χ1n) is 9.01. The Morgan fingerprint density at radius 3 is 2.54 bits per heavy atom. The number of para-hydroxylation sites is 2. The number of carbonyl (C=O) groups is 1. The zero-order valence-electron chi connectivity index (χ0n) is 14.9. The predicted octanol–water partition coefficient (Wildman–Crippen LogP) is 3.79. The lowest BCUT2D eigenvalue weighted by atomic mass is 10.0. The molecule has 3 heterocycles. The van der Waals surface area contributed by atoms with Crippen molar-refractivity contribution in [2.75, 3.05) is 5.32 Å². The van der Waals surface area contributed by atoms with Gasteiger partial charge in [-0.2, -0.15) is 5.10 Å². The second-order valence-corrected chi connectivity index (χ2v) is 6.55. The topological polar surface area (TPSA) is 71.8 Å². The minimum atomic E-state index is -0.393. The SMILES string of the molecule is O=C1N[C@H](c2cn(-c3ccccc3)nc2-c2cccnc2)Nc2ccccc21. The fourth-order valence-corrected chi connectivity index (χ4v) is 3.40. The third-order valence-corrected chi connectivity index (χ3v) is 4.76. The lowest BCUT2D eigenvalue weighted by Gasteiger charge is -2.27. The minimum Gasteiger partial charge on any atom is -0.361 e. The molecular formula is C22H17N5O. The molecule has 1 atom stereocenters. The average Bonchev–Trinajstić information content (AvgIpc) is 3.21. The van der Waals surface area contributed by atoms with Crippen LogP contribution < -0.4 is 10.6 Å². The van der Waals surface area contributed by atoms with Gasteiger partial charge in [-0.05, 0) is 36.4 Å². The van der Waals surface area contributed by atoms with Crippen molar-refractivity contribution in [3.05, 3.63) is 96.4 Å². The number of anilines is 1. The van der Waals surface area contributed by atoms with E-state index in [0.29, 0.717) is 5.56 Å². The molecule has 5 rings (SSSR count). The highest BCUT2D eigenvalue weighted by atomic mass is 16.2. The Kier molecular flexibility index (Phi) is 3.87. The Morgan fingerprint density at radius 2 is 1.71 bits per heavy atom. The van der Waals surface area contributed by atoms with Gasteiger partial charge in [0.25, 0.3) is 5.91 Å². The molecule has 6 nitrogen and oxygen atoms in total. The van der Waals surface area contributed by atoms with Crippen LogP contribution in [0.4, 0.5) is 5.69 Å². The first-order chi connectivity index (χ1) is 13.8. The number of pyridine rings is 1. The lowest BCUT2D eigenvalue weighted by molar-refractivity contribution is 0.0936. The van der Waals surface area contributed by atoms with Crippen molar-refractivity contribution in [1.82, 2.24) is 20.1 Å². The minimum absolute atomic E-state index is 0.107. The van der Waals surface area contributed by atoms with Gasteiger partial charge in [0, 0.05) is 35.4 Å². The van der Waals surface area contributed by atoms with E-state index in [-0.39, 0.29) is 5.91 Å². The van der Waals surface area contributed by atoms with E-state index in [9.17, 15) is 4.79 Å². The number of rotatable bonds is 3. The van der Waals surface area contributed by atoms with Gasteiger partial charge in [-0.25, -0.2) is 4.68 Å². The number of aromatic nitrogens is 3. The maximum absolute atomic E-state index is 12.6. The highest BCUT2D eigenvalue weighted by Gasteiger charge is 2.28. The standard InChI is InChI=1S/C22H17N5O/c28-22-17-10-4-5-11-19(17)24-21(25-22)18-14-27(16-8-2-1-3-9-16)26-20(18)15-7-6-12-23-13-15/h1-14,21,24H,(H,25,28)/t21-/m1/s1. The normalized spacial score (nSPS) is 15.4. The second-order valence-electron chi connectivity index (χ2n) is 6.55. The smallest absolute Gasteiger partial charge is 0.255 e. The highest BCUT2D eigenvalue weighted by molar-refractivity contribution is 6.01. The van der Waals surface area contributed by atoms with E-state index in [2.05, 4.69) is 15.6 Å². The summed E-state index contributed by atoms with van der Waals surface area (Å²) in [6.07, 6.45) is 5.06. The van der Waals surface area contributed by atoms with E-state index >= 15 is 0 Å². The molecule has 0 bridgehead atoms. The highest BCUT2D eigenvalue weighted by Crippen LogP contribution is 2.32. The summed E-state index contributed by atoms with van der Waals surface area (Å²) >= 11 is 0. The molecule has 0 saturated heterocycles. The van der Waals surface area contributed by atoms with E-state index in [1.165, 1.54) is 0 Å². The predicted molar refractivity (Wildman–Crippen MR) is 107 cm³/mol. The number of hydrogen-bond donors (Lipinski definition) is 2. The molecule has 136 valence electrons. The quantitative estimate of drug-likeness (QED) is 0.578. The molecule has 0 aliphatic carbocycles. The van der Waals surface area contributed by atoms with Crippen molar-refractivity contribution in [3.63, 3.8) is 0 Å². The van der Waals surface area contributed by atoms with Crippen LogP contribution in [0.25, 0.3) is 16.9 Å². The van der Waals surface area contributed by atoms with E-state index in [4.69, 9.17) is 5.10 Å². The molecule has 28 heavy (non-hydrogen) atoms. The second kappa shape index (κ2) is 6.66. The molecule has 2 aromatic carbocycles. The van der Waals surface area contributed by atoms with Crippen molar-refractivity contribution in [2.24, 2.45) is 0 Å². The molecule has 0 unspecified atom stereocenters. The maximum atomic E-state index is 12.6. The van der Waals surface area contributed by atoms with E-state index < -0.39 is 6.17 Å². The summed E-state index contributed by atoms with van der Waals surface area (Å²) in [4.78, 5) is 16.8. The van der Waals surface area contributed by atoms with Gasteiger partial charge < -0.3 is 10.6 Å². The largest absolute Gasteiger partial charge is 0.361 e. The fraction of sp³-hybridized carbons (Fsp3) is 0.0455. The van der Waals surface area contributed by atoms with Crippen molar-refractivity contribution in [2.45, 2.75) is 6.17 Å². The Bertz CT molecular complexity index is 1140. The summed E-state index contributed by atoms with van der Waals surface area (Å²) in [7, 11) is 0. The summed E-state index contributed by atoms with van der Waals surface area (Å²) in [5.41, 5.74) is 4.93. The van der Waals surface area contributed by atoms with Crippen LogP contribution in [-0.2, 0) is 0 Å². The Hall–Kier alpha value is -3.93. The number of nitrogens with one attached hydrogen (secondary N) is 2. The molecule has 1 aliphatic rings. The van der Waals surface area contributed by atoms with Crippen LogP contribution >= 0.6 is 0 Å². The first-order valence-corrected chi connectivity index (χ1v) is 9.01. The zero-order valence-corrected chi connectivity index (χ0v) is 14.9. The van der Waals surface area contributed by atoms with Crippen LogP contribution in [0.2, 0.25) is 0 Å². The van der Waals surface area contributed by atoms with Crippen molar-refractivity contribution in [1.29, 1.82) is 0 Å². The van der Waals surface area contributed by atoms with Gasteiger partial charge in [0.2, 0.25) is 0 Å². The molecule has 2 N–H and O–H groups in total. The zero-order chi connectivity index (χ0) is 18.9. The molecule has 6 heteroatoms. The summed E-state index contributed by atoms with van der Waals surface area (Å²) in [5.74, 6) is -0.107. The fourth-order valence-electron chi connectivity index (χ4n) is 3.40. The lowest BCUT2D eigenvalue weighted by Crippen LogP contribution is -2.38. The van der Waals surface area contributed by atoms with Gasteiger partial charge in [0.1, 0.15) is 11.9 Å². The molecule has 0 saturated carbocycles. The molecule has 0 spiro atoms. The number of nitrogens with zero attached hydrogens (tertiary/aromatic N) is 3.